The average molecular weight is 471 g/mol. The lowest BCUT2D eigenvalue weighted by Gasteiger charge is -2.16. The average Bonchev–Trinajstić information content (AvgIpc) is 3.48. The zero-order valence-electron chi connectivity index (χ0n) is 18.5. The molecule has 1 aliphatic rings. The number of furan rings is 1. The Kier molecular flexibility index (Phi) is 4.83. The smallest absolute Gasteiger partial charge is 0.274 e. The summed E-state index contributed by atoms with van der Waals surface area (Å²) in [5, 5.41) is 5.19. The van der Waals surface area contributed by atoms with Crippen LogP contribution in [0.15, 0.2) is 44.6 Å². The maximum atomic E-state index is 13.4. The Hall–Kier alpha value is -3.57. The molecule has 0 bridgehead atoms. The van der Waals surface area contributed by atoms with Gasteiger partial charge in [-0.1, -0.05) is 0 Å². The molecule has 1 aromatic carbocycles. The van der Waals surface area contributed by atoms with Gasteiger partial charge in [-0.05, 0) is 44.5 Å². The van der Waals surface area contributed by atoms with Crippen molar-refractivity contribution in [1.29, 1.82) is 0 Å². The van der Waals surface area contributed by atoms with Crippen LogP contribution < -0.4 is 15.0 Å². The van der Waals surface area contributed by atoms with Gasteiger partial charge in [-0.25, -0.2) is 13.1 Å². The minimum atomic E-state index is -3.90. The van der Waals surface area contributed by atoms with Gasteiger partial charge in [-0.2, -0.15) is 9.40 Å². The zero-order chi connectivity index (χ0) is 23.5. The van der Waals surface area contributed by atoms with E-state index in [0.717, 1.165) is 5.39 Å². The molecule has 0 saturated heterocycles. The van der Waals surface area contributed by atoms with E-state index in [0.29, 0.717) is 39.7 Å². The van der Waals surface area contributed by atoms with E-state index in [2.05, 4.69) is 10.1 Å². The van der Waals surface area contributed by atoms with Gasteiger partial charge in [0.1, 0.15) is 16.3 Å². The third kappa shape index (κ3) is 3.31. The number of hydrogen-bond donors (Lipinski definition) is 1. The zero-order valence-corrected chi connectivity index (χ0v) is 19.3. The number of nitrogens with one attached hydrogen (secondary N) is 1. The topological polar surface area (TPSA) is 120 Å². The van der Waals surface area contributed by atoms with Gasteiger partial charge in [0.05, 0.1) is 29.7 Å². The maximum Gasteiger partial charge on any atom is 0.274 e. The SMILES string of the molecule is Cc1nn(-c2c(C)c3cc4c(cc3[nH]c2=O)OCO4)c(C)c1S(=O)(=O)N(C)Cc1ccco1. The summed E-state index contributed by atoms with van der Waals surface area (Å²) in [6.07, 6.45) is 1.49. The highest BCUT2D eigenvalue weighted by Crippen LogP contribution is 2.37. The van der Waals surface area contributed by atoms with E-state index < -0.39 is 15.6 Å². The number of H-pyrrole nitrogens is 1. The van der Waals surface area contributed by atoms with Crippen LogP contribution in [0.3, 0.4) is 0 Å². The van der Waals surface area contributed by atoms with Gasteiger partial charge in [0.15, 0.2) is 11.5 Å². The van der Waals surface area contributed by atoms with Gasteiger partial charge >= 0.3 is 0 Å². The first-order chi connectivity index (χ1) is 15.7. The number of pyridine rings is 1. The number of hydrogen-bond acceptors (Lipinski definition) is 7. The number of fused-ring (bicyclic) bond motifs is 2. The van der Waals surface area contributed by atoms with Crippen LogP contribution in [-0.2, 0) is 16.6 Å². The molecule has 4 heterocycles. The lowest BCUT2D eigenvalue weighted by molar-refractivity contribution is 0.174. The van der Waals surface area contributed by atoms with Crippen LogP contribution in [0, 0.1) is 20.8 Å². The van der Waals surface area contributed by atoms with Gasteiger partial charge in [0, 0.05) is 18.5 Å². The van der Waals surface area contributed by atoms with Crippen molar-refractivity contribution in [2.45, 2.75) is 32.2 Å². The first-order valence-electron chi connectivity index (χ1n) is 10.2. The third-order valence-electron chi connectivity index (χ3n) is 5.80. The molecule has 10 nitrogen and oxygen atoms in total. The molecule has 0 spiro atoms. The second kappa shape index (κ2) is 7.49. The Balaban J connectivity index is 1.64. The van der Waals surface area contributed by atoms with Crippen molar-refractivity contribution in [3.63, 3.8) is 0 Å². The second-order valence-electron chi connectivity index (χ2n) is 7.93. The normalized spacial score (nSPS) is 13.4. The fourth-order valence-corrected chi connectivity index (χ4v) is 5.66. The molecule has 0 fully saturated rings. The summed E-state index contributed by atoms with van der Waals surface area (Å²) in [5.41, 5.74) is 1.73. The van der Waals surface area contributed by atoms with Crippen molar-refractivity contribution in [1.82, 2.24) is 19.1 Å². The van der Waals surface area contributed by atoms with Crippen molar-refractivity contribution in [2.75, 3.05) is 13.8 Å². The van der Waals surface area contributed by atoms with E-state index >= 15 is 0 Å². The van der Waals surface area contributed by atoms with Crippen LogP contribution in [0.1, 0.15) is 22.7 Å². The van der Waals surface area contributed by atoms with Crippen LogP contribution in [0.25, 0.3) is 16.6 Å². The minimum absolute atomic E-state index is 0.0566. The molecule has 5 rings (SSSR count). The first-order valence-corrected chi connectivity index (χ1v) is 11.6. The third-order valence-corrected chi connectivity index (χ3v) is 7.86. The van der Waals surface area contributed by atoms with E-state index in [4.69, 9.17) is 13.9 Å². The Morgan fingerprint density at radius 2 is 1.91 bits per heavy atom. The fourth-order valence-electron chi connectivity index (χ4n) is 4.17. The summed E-state index contributed by atoms with van der Waals surface area (Å²) >= 11 is 0. The van der Waals surface area contributed by atoms with Crippen molar-refractivity contribution in [3.05, 3.63) is 63.6 Å². The molecule has 172 valence electrons. The van der Waals surface area contributed by atoms with Crippen LogP contribution in [0.5, 0.6) is 11.5 Å². The van der Waals surface area contributed by atoms with E-state index in [1.165, 1.54) is 22.3 Å². The molecule has 4 aromatic rings. The number of aryl methyl sites for hydroxylation is 2. The lowest BCUT2D eigenvalue weighted by atomic mass is 10.1. The van der Waals surface area contributed by atoms with Crippen molar-refractivity contribution >= 4 is 20.9 Å². The Bertz CT molecular complexity index is 1550. The Labute approximate surface area is 189 Å². The highest BCUT2D eigenvalue weighted by Gasteiger charge is 2.31. The summed E-state index contributed by atoms with van der Waals surface area (Å²) in [7, 11) is -2.42. The molecule has 1 aliphatic heterocycles. The predicted molar refractivity (Wildman–Crippen MR) is 119 cm³/mol. The summed E-state index contributed by atoms with van der Waals surface area (Å²) in [6.45, 7) is 5.23. The van der Waals surface area contributed by atoms with E-state index in [1.54, 1.807) is 45.0 Å². The molecule has 33 heavy (non-hydrogen) atoms. The molecule has 3 aromatic heterocycles. The molecular formula is C22H22N4O6S. The first kappa shape index (κ1) is 21.3. The number of rotatable bonds is 5. The standard InChI is InChI=1S/C22H22N4O6S/c1-12-16-8-18-19(32-11-31-18)9-17(16)23-22(27)20(12)26-14(3)21(13(2)24-26)33(28,29)25(4)10-15-6-5-7-30-15/h5-9H,10-11H2,1-4H3,(H,23,27). The summed E-state index contributed by atoms with van der Waals surface area (Å²) in [4.78, 5) is 16.0. The molecular weight excluding hydrogens is 448 g/mol. The van der Waals surface area contributed by atoms with Gasteiger partial charge in [0.2, 0.25) is 16.8 Å². The van der Waals surface area contributed by atoms with Crippen molar-refractivity contribution in [3.8, 4) is 17.2 Å². The van der Waals surface area contributed by atoms with Crippen molar-refractivity contribution < 1.29 is 22.3 Å². The number of aromatic amines is 1. The summed E-state index contributed by atoms with van der Waals surface area (Å²) in [5.74, 6) is 1.66. The predicted octanol–water partition coefficient (Wildman–Crippen LogP) is 2.78. The monoisotopic (exact) mass is 470 g/mol. The van der Waals surface area contributed by atoms with Crippen molar-refractivity contribution in [2.24, 2.45) is 0 Å². The number of ether oxygens (including phenoxy) is 2. The van der Waals surface area contributed by atoms with Crippen LogP contribution in [0.2, 0.25) is 0 Å². The molecule has 0 amide bonds. The quantitative estimate of drug-likeness (QED) is 0.476. The van der Waals surface area contributed by atoms with Crippen LogP contribution in [-0.4, -0.2) is 41.3 Å². The number of nitrogens with zero attached hydrogens (tertiary/aromatic N) is 3. The van der Waals surface area contributed by atoms with Gasteiger partial charge in [-0.15, -0.1) is 0 Å². The van der Waals surface area contributed by atoms with E-state index in [1.807, 2.05) is 0 Å². The minimum Gasteiger partial charge on any atom is -0.468 e. The summed E-state index contributed by atoms with van der Waals surface area (Å²) in [6, 6.07) is 6.92. The second-order valence-corrected chi connectivity index (χ2v) is 9.91. The van der Waals surface area contributed by atoms with E-state index in [-0.39, 0.29) is 23.9 Å². The van der Waals surface area contributed by atoms with Crippen LogP contribution in [0.4, 0.5) is 0 Å². The molecule has 11 heteroatoms. The fraction of sp³-hybridized carbons (Fsp3) is 0.273. The lowest BCUT2D eigenvalue weighted by Crippen LogP contribution is -2.27. The summed E-state index contributed by atoms with van der Waals surface area (Å²) < 4.78 is 45.5. The van der Waals surface area contributed by atoms with E-state index in [9.17, 15) is 13.2 Å². The van der Waals surface area contributed by atoms with Gasteiger partial charge < -0.3 is 18.9 Å². The number of aromatic nitrogens is 3. The maximum absolute atomic E-state index is 13.4. The molecule has 0 unspecified atom stereocenters. The molecule has 0 saturated carbocycles. The number of benzene rings is 1. The highest BCUT2D eigenvalue weighted by molar-refractivity contribution is 7.89. The molecule has 1 N–H and O–H groups in total. The van der Waals surface area contributed by atoms with Crippen LogP contribution >= 0.6 is 0 Å². The molecule has 0 aliphatic carbocycles. The Morgan fingerprint density at radius 3 is 2.61 bits per heavy atom. The highest BCUT2D eigenvalue weighted by atomic mass is 32.2. The number of sulfonamides is 1. The largest absolute Gasteiger partial charge is 0.468 e. The van der Waals surface area contributed by atoms with Gasteiger partial charge in [-0.3, -0.25) is 4.79 Å². The molecule has 0 radical (unpaired) electrons. The van der Waals surface area contributed by atoms with Gasteiger partial charge in [0.25, 0.3) is 5.56 Å². The molecule has 0 atom stereocenters. The Morgan fingerprint density at radius 1 is 1.18 bits per heavy atom.